The Kier molecular flexibility index (Phi) is 4.47. The predicted octanol–water partition coefficient (Wildman–Crippen LogP) is 1.04. The highest BCUT2D eigenvalue weighted by Crippen LogP contribution is 2.30. The van der Waals surface area contributed by atoms with E-state index in [0.29, 0.717) is 42.0 Å². The van der Waals surface area contributed by atoms with Crippen LogP contribution in [-0.4, -0.2) is 62.8 Å². The van der Waals surface area contributed by atoms with Gasteiger partial charge in [-0.05, 0) is 19.1 Å². The van der Waals surface area contributed by atoms with E-state index in [1.807, 2.05) is 19.1 Å². The molecule has 0 saturated carbocycles. The zero-order chi connectivity index (χ0) is 18.8. The molecule has 0 saturated heterocycles. The summed E-state index contributed by atoms with van der Waals surface area (Å²) >= 11 is 0. The summed E-state index contributed by atoms with van der Waals surface area (Å²) in [6, 6.07) is 3.75. The molecule has 2 N–H and O–H groups in total. The van der Waals surface area contributed by atoms with Gasteiger partial charge in [0.05, 0.1) is 31.6 Å². The third-order valence-corrected chi connectivity index (χ3v) is 4.26. The van der Waals surface area contributed by atoms with E-state index in [9.17, 15) is 4.79 Å². The third kappa shape index (κ3) is 3.22. The van der Waals surface area contributed by atoms with Gasteiger partial charge in [0.15, 0.2) is 17.5 Å². The van der Waals surface area contributed by atoms with Crippen LogP contribution in [0.3, 0.4) is 0 Å². The minimum Gasteiger partial charge on any atom is -0.383 e. The predicted molar refractivity (Wildman–Crippen MR) is 98.1 cm³/mol. The number of methoxy groups -OCH3 is 1. The van der Waals surface area contributed by atoms with Gasteiger partial charge in [-0.3, -0.25) is 9.69 Å². The Morgan fingerprint density at radius 2 is 2.15 bits per heavy atom. The number of H-pyrrole nitrogens is 1. The van der Waals surface area contributed by atoms with E-state index < -0.39 is 0 Å². The van der Waals surface area contributed by atoms with Crippen LogP contribution in [-0.2, 0) is 9.53 Å². The Bertz CT molecular complexity index is 973. The standard InChI is InChI=1S/C17H18N8O2/c1-10-11(3-4-12(22-10)15-20-9-21-24-15)13-7-18-16-17(23-13)25(5-6-27-2)14(26)8-19-16/h3-4,7,9H,5-6,8H2,1-2H3,(H,18,19)(H,20,21,24). The van der Waals surface area contributed by atoms with Crippen molar-refractivity contribution in [3.05, 3.63) is 30.4 Å². The number of anilines is 2. The average Bonchev–Trinajstić information content (AvgIpc) is 3.22. The summed E-state index contributed by atoms with van der Waals surface area (Å²) in [5, 5.41) is 10.7. The first kappa shape index (κ1) is 17.0. The second kappa shape index (κ2) is 7.08. The number of amides is 1. The van der Waals surface area contributed by atoms with Crippen molar-refractivity contribution in [1.29, 1.82) is 0 Å². The van der Waals surface area contributed by atoms with E-state index >= 15 is 0 Å². The van der Waals surface area contributed by atoms with Gasteiger partial charge in [-0.25, -0.2) is 15.0 Å². The monoisotopic (exact) mass is 366 g/mol. The molecule has 0 unspecified atom stereocenters. The molecule has 27 heavy (non-hydrogen) atoms. The molecule has 0 bridgehead atoms. The molecule has 0 aromatic carbocycles. The van der Waals surface area contributed by atoms with Gasteiger partial charge in [0.25, 0.3) is 0 Å². The van der Waals surface area contributed by atoms with E-state index in [0.717, 1.165) is 11.3 Å². The number of pyridine rings is 1. The van der Waals surface area contributed by atoms with Gasteiger partial charge >= 0.3 is 0 Å². The second-order valence-corrected chi connectivity index (χ2v) is 5.99. The third-order valence-electron chi connectivity index (χ3n) is 4.26. The molecule has 0 fully saturated rings. The molecular formula is C17H18N8O2. The van der Waals surface area contributed by atoms with Crippen LogP contribution < -0.4 is 10.2 Å². The summed E-state index contributed by atoms with van der Waals surface area (Å²) in [5.41, 5.74) is 2.94. The highest BCUT2D eigenvalue weighted by atomic mass is 16.5. The van der Waals surface area contributed by atoms with Gasteiger partial charge < -0.3 is 15.0 Å². The number of aromatic nitrogens is 6. The summed E-state index contributed by atoms with van der Waals surface area (Å²) < 4.78 is 5.10. The molecule has 0 aliphatic carbocycles. The van der Waals surface area contributed by atoms with Gasteiger partial charge in [0.1, 0.15) is 12.0 Å². The minimum atomic E-state index is -0.0680. The molecule has 3 aromatic rings. The van der Waals surface area contributed by atoms with Gasteiger partial charge in [-0.1, -0.05) is 0 Å². The van der Waals surface area contributed by atoms with Crippen molar-refractivity contribution >= 4 is 17.5 Å². The first-order valence-corrected chi connectivity index (χ1v) is 8.42. The molecule has 4 rings (SSSR count). The summed E-state index contributed by atoms with van der Waals surface area (Å²) in [6.07, 6.45) is 3.18. The van der Waals surface area contributed by atoms with E-state index in [2.05, 4.69) is 35.5 Å². The second-order valence-electron chi connectivity index (χ2n) is 5.99. The van der Waals surface area contributed by atoms with Crippen molar-refractivity contribution in [1.82, 2.24) is 30.1 Å². The fraction of sp³-hybridized carbons (Fsp3) is 0.294. The van der Waals surface area contributed by atoms with Crippen molar-refractivity contribution in [3.63, 3.8) is 0 Å². The number of aromatic amines is 1. The van der Waals surface area contributed by atoms with Crippen molar-refractivity contribution in [2.45, 2.75) is 6.92 Å². The number of fused-ring (bicyclic) bond motifs is 1. The lowest BCUT2D eigenvalue weighted by molar-refractivity contribution is -0.117. The highest BCUT2D eigenvalue weighted by Gasteiger charge is 2.26. The summed E-state index contributed by atoms with van der Waals surface area (Å²) in [6.45, 7) is 2.92. The summed E-state index contributed by atoms with van der Waals surface area (Å²) in [7, 11) is 1.60. The zero-order valence-corrected chi connectivity index (χ0v) is 14.9. The van der Waals surface area contributed by atoms with Crippen LogP contribution in [0.1, 0.15) is 5.69 Å². The van der Waals surface area contributed by atoms with Crippen LogP contribution in [0.2, 0.25) is 0 Å². The molecule has 4 heterocycles. The van der Waals surface area contributed by atoms with Gasteiger partial charge in [0.2, 0.25) is 5.91 Å². The number of nitrogens with zero attached hydrogens (tertiary/aromatic N) is 6. The normalized spacial score (nSPS) is 13.4. The fourth-order valence-electron chi connectivity index (χ4n) is 2.90. The van der Waals surface area contributed by atoms with Crippen molar-refractivity contribution in [2.75, 3.05) is 37.0 Å². The number of carbonyl (C=O) groups excluding carboxylic acids is 1. The first-order valence-electron chi connectivity index (χ1n) is 8.42. The maximum atomic E-state index is 12.3. The van der Waals surface area contributed by atoms with Gasteiger partial charge in [0, 0.05) is 18.4 Å². The van der Waals surface area contributed by atoms with Crippen LogP contribution in [0.5, 0.6) is 0 Å². The molecule has 1 aliphatic rings. The lowest BCUT2D eigenvalue weighted by atomic mass is 10.1. The maximum Gasteiger partial charge on any atom is 0.247 e. The minimum absolute atomic E-state index is 0.0680. The number of nitrogens with one attached hydrogen (secondary N) is 2. The number of aryl methyl sites for hydroxylation is 1. The molecule has 1 amide bonds. The average molecular weight is 366 g/mol. The van der Waals surface area contributed by atoms with E-state index in [4.69, 9.17) is 4.74 Å². The largest absolute Gasteiger partial charge is 0.383 e. The van der Waals surface area contributed by atoms with Crippen LogP contribution in [0.25, 0.3) is 22.8 Å². The molecule has 10 nitrogen and oxygen atoms in total. The van der Waals surface area contributed by atoms with E-state index in [-0.39, 0.29) is 12.5 Å². The molecule has 1 aliphatic heterocycles. The number of hydrogen-bond donors (Lipinski definition) is 2. The topological polar surface area (TPSA) is 122 Å². The lowest BCUT2D eigenvalue weighted by Crippen LogP contribution is -2.42. The van der Waals surface area contributed by atoms with E-state index in [1.165, 1.54) is 6.33 Å². The van der Waals surface area contributed by atoms with Crippen molar-refractivity contribution in [3.8, 4) is 22.8 Å². The van der Waals surface area contributed by atoms with Crippen LogP contribution >= 0.6 is 0 Å². The number of carbonyl (C=O) groups is 1. The van der Waals surface area contributed by atoms with Crippen LogP contribution in [0.4, 0.5) is 11.6 Å². The Labute approximate surface area is 155 Å². The first-order chi connectivity index (χ1) is 13.2. The molecule has 0 radical (unpaired) electrons. The van der Waals surface area contributed by atoms with Gasteiger partial charge in [-0.15, -0.1) is 10.2 Å². The Morgan fingerprint density at radius 1 is 1.26 bits per heavy atom. The zero-order valence-electron chi connectivity index (χ0n) is 14.9. The fourth-order valence-corrected chi connectivity index (χ4v) is 2.90. The molecule has 0 atom stereocenters. The Balaban J connectivity index is 1.71. The summed E-state index contributed by atoms with van der Waals surface area (Å²) in [5.74, 6) is 1.61. The van der Waals surface area contributed by atoms with Crippen LogP contribution in [0, 0.1) is 6.92 Å². The van der Waals surface area contributed by atoms with E-state index in [1.54, 1.807) is 18.2 Å². The number of rotatable bonds is 5. The SMILES string of the molecule is COCCN1C(=O)CNc2ncc(-c3ccc(-c4nnc[nH]4)nc3C)nc21. The molecule has 3 aromatic heterocycles. The lowest BCUT2D eigenvalue weighted by Gasteiger charge is -2.28. The van der Waals surface area contributed by atoms with Crippen molar-refractivity contribution in [2.24, 2.45) is 0 Å². The molecule has 0 spiro atoms. The maximum absolute atomic E-state index is 12.3. The number of hydrogen-bond acceptors (Lipinski definition) is 8. The highest BCUT2D eigenvalue weighted by molar-refractivity contribution is 6.00. The Morgan fingerprint density at radius 3 is 2.89 bits per heavy atom. The van der Waals surface area contributed by atoms with Gasteiger partial charge in [-0.2, -0.15) is 0 Å². The molecule has 138 valence electrons. The summed E-state index contributed by atoms with van der Waals surface area (Å²) in [4.78, 5) is 30.5. The van der Waals surface area contributed by atoms with Crippen LogP contribution in [0.15, 0.2) is 24.7 Å². The molecule has 10 heteroatoms. The Hall–Kier alpha value is -3.40. The van der Waals surface area contributed by atoms with Crippen molar-refractivity contribution < 1.29 is 9.53 Å². The smallest absolute Gasteiger partial charge is 0.247 e. The molecular weight excluding hydrogens is 348 g/mol. The quantitative estimate of drug-likeness (QED) is 0.687. The number of ether oxygens (including phenoxy) is 1.